The largest absolute Gasteiger partial charge is 0.352 e. The zero-order valence-electron chi connectivity index (χ0n) is 18.0. The molecule has 5 nitrogen and oxygen atoms in total. The Kier molecular flexibility index (Phi) is 6.63. The Bertz CT molecular complexity index is 1070. The quantitative estimate of drug-likeness (QED) is 0.669. The van der Waals surface area contributed by atoms with Crippen molar-refractivity contribution >= 4 is 22.6 Å². The molecule has 0 aliphatic carbocycles. The molecule has 0 aromatic heterocycles. The highest BCUT2D eigenvalue weighted by atomic mass is 16.2. The van der Waals surface area contributed by atoms with Crippen LogP contribution in [0, 0.1) is 6.92 Å². The second-order valence-electron chi connectivity index (χ2n) is 8.12. The maximum absolute atomic E-state index is 12.6. The molecule has 0 radical (unpaired) electrons. The molecule has 0 spiro atoms. The number of nitrogens with zero attached hydrogens (tertiary/aromatic N) is 2. The molecule has 1 fully saturated rings. The molecule has 3 aromatic carbocycles. The van der Waals surface area contributed by atoms with Crippen molar-refractivity contribution in [2.75, 3.05) is 32.7 Å². The number of carbonyl (C=O) groups excluding carboxylic acids is 2. The predicted octanol–water partition coefficient (Wildman–Crippen LogP) is 3.61. The molecule has 5 heteroatoms. The molecule has 3 aromatic rings. The van der Waals surface area contributed by atoms with Gasteiger partial charge in [0.05, 0.1) is 0 Å². The van der Waals surface area contributed by atoms with Crippen LogP contribution in [-0.2, 0) is 11.3 Å². The maximum Gasteiger partial charge on any atom is 0.251 e. The monoisotopic (exact) mass is 415 g/mol. The van der Waals surface area contributed by atoms with Crippen molar-refractivity contribution in [3.05, 3.63) is 83.4 Å². The van der Waals surface area contributed by atoms with Gasteiger partial charge in [0.25, 0.3) is 5.91 Å². The Morgan fingerprint density at radius 2 is 1.58 bits per heavy atom. The van der Waals surface area contributed by atoms with E-state index in [9.17, 15) is 9.59 Å². The van der Waals surface area contributed by atoms with Crippen LogP contribution in [0.3, 0.4) is 0 Å². The molecule has 1 heterocycles. The van der Waals surface area contributed by atoms with Gasteiger partial charge < -0.3 is 10.2 Å². The molecule has 1 N–H and O–H groups in total. The second-order valence-corrected chi connectivity index (χ2v) is 8.12. The predicted molar refractivity (Wildman–Crippen MR) is 124 cm³/mol. The third-order valence-electron chi connectivity index (χ3n) is 6.01. The van der Waals surface area contributed by atoms with Crippen LogP contribution in [0.15, 0.2) is 66.7 Å². The minimum absolute atomic E-state index is 0.106. The van der Waals surface area contributed by atoms with Gasteiger partial charge in [-0.1, -0.05) is 60.7 Å². The smallest absolute Gasteiger partial charge is 0.251 e. The molecule has 31 heavy (non-hydrogen) atoms. The lowest BCUT2D eigenvalue weighted by Gasteiger charge is -2.35. The van der Waals surface area contributed by atoms with Gasteiger partial charge in [0.15, 0.2) is 0 Å². The highest BCUT2D eigenvalue weighted by Crippen LogP contribution is 2.20. The van der Waals surface area contributed by atoms with Crippen LogP contribution >= 0.6 is 0 Å². The van der Waals surface area contributed by atoms with Gasteiger partial charge in [-0.3, -0.25) is 14.5 Å². The van der Waals surface area contributed by atoms with Crippen LogP contribution in [0.5, 0.6) is 0 Å². The summed E-state index contributed by atoms with van der Waals surface area (Å²) < 4.78 is 0. The Hall–Kier alpha value is -3.18. The van der Waals surface area contributed by atoms with E-state index in [1.165, 1.54) is 16.3 Å². The normalized spacial score (nSPS) is 14.5. The summed E-state index contributed by atoms with van der Waals surface area (Å²) in [5, 5.41) is 5.44. The van der Waals surface area contributed by atoms with Crippen molar-refractivity contribution in [1.29, 1.82) is 0 Å². The number of hydrogen-bond acceptors (Lipinski definition) is 3. The Balaban J connectivity index is 1.23. The number of piperazine rings is 1. The number of amides is 2. The van der Waals surface area contributed by atoms with Gasteiger partial charge in [-0.15, -0.1) is 0 Å². The first-order chi connectivity index (χ1) is 15.1. The van der Waals surface area contributed by atoms with Crippen LogP contribution in [0.25, 0.3) is 10.8 Å². The lowest BCUT2D eigenvalue weighted by Crippen LogP contribution is -2.48. The van der Waals surface area contributed by atoms with Gasteiger partial charge in [0, 0.05) is 51.3 Å². The fourth-order valence-corrected chi connectivity index (χ4v) is 4.19. The summed E-state index contributed by atoms with van der Waals surface area (Å²) in [6, 6.07) is 22.4. The summed E-state index contributed by atoms with van der Waals surface area (Å²) in [4.78, 5) is 29.2. The van der Waals surface area contributed by atoms with Crippen molar-refractivity contribution in [2.24, 2.45) is 0 Å². The van der Waals surface area contributed by atoms with Crippen molar-refractivity contribution in [3.63, 3.8) is 0 Å². The van der Waals surface area contributed by atoms with E-state index in [0.29, 0.717) is 18.5 Å². The molecule has 0 bridgehead atoms. The van der Waals surface area contributed by atoms with E-state index in [4.69, 9.17) is 0 Å². The zero-order valence-corrected chi connectivity index (χ0v) is 18.0. The van der Waals surface area contributed by atoms with E-state index in [0.717, 1.165) is 38.3 Å². The maximum atomic E-state index is 12.6. The lowest BCUT2D eigenvalue weighted by atomic mass is 10.0. The first-order valence-corrected chi connectivity index (χ1v) is 10.9. The SMILES string of the molecule is Cc1ccccc1C(=O)NCCC(=O)N1CCN(Cc2cccc3ccccc23)CC1. The topological polar surface area (TPSA) is 52.7 Å². The zero-order chi connectivity index (χ0) is 21.6. The molecule has 160 valence electrons. The van der Waals surface area contributed by atoms with Gasteiger partial charge in [-0.2, -0.15) is 0 Å². The summed E-state index contributed by atoms with van der Waals surface area (Å²) in [5.74, 6) is -0.0132. The van der Waals surface area contributed by atoms with Crippen molar-refractivity contribution < 1.29 is 9.59 Å². The number of benzene rings is 3. The molecule has 0 saturated carbocycles. The van der Waals surface area contributed by atoms with Crippen LogP contribution < -0.4 is 5.32 Å². The van der Waals surface area contributed by atoms with Crippen molar-refractivity contribution in [1.82, 2.24) is 15.1 Å². The van der Waals surface area contributed by atoms with Gasteiger partial charge in [0.1, 0.15) is 0 Å². The summed E-state index contributed by atoms with van der Waals surface area (Å²) in [6.07, 6.45) is 0.334. The Labute approximate surface area is 183 Å². The van der Waals surface area contributed by atoms with Crippen LogP contribution in [0.4, 0.5) is 0 Å². The van der Waals surface area contributed by atoms with Gasteiger partial charge >= 0.3 is 0 Å². The van der Waals surface area contributed by atoms with Crippen LogP contribution in [0.2, 0.25) is 0 Å². The molecular weight excluding hydrogens is 386 g/mol. The number of nitrogens with one attached hydrogen (secondary N) is 1. The number of aryl methyl sites for hydroxylation is 1. The third kappa shape index (κ3) is 5.12. The van der Waals surface area contributed by atoms with Gasteiger partial charge in [-0.05, 0) is 34.9 Å². The summed E-state index contributed by atoms with van der Waals surface area (Å²) >= 11 is 0. The van der Waals surface area contributed by atoms with E-state index < -0.39 is 0 Å². The number of hydrogen-bond donors (Lipinski definition) is 1. The van der Waals surface area contributed by atoms with Gasteiger partial charge in [-0.25, -0.2) is 0 Å². The number of carbonyl (C=O) groups is 2. The van der Waals surface area contributed by atoms with E-state index >= 15 is 0 Å². The molecule has 0 atom stereocenters. The minimum Gasteiger partial charge on any atom is -0.352 e. The summed E-state index contributed by atoms with van der Waals surface area (Å²) in [7, 11) is 0. The number of fused-ring (bicyclic) bond motifs is 1. The average Bonchev–Trinajstić information content (AvgIpc) is 2.80. The standard InChI is InChI=1S/C26H29N3O2/c1-20-7-2-4-11-23(20)26(31)27-14-13-25(30)29-17-15-28(16-18-29)19-22-10-6-9-21-8-3-5-12-24(21)22/h2-12H,13-19H2,1H3,(H,27,31). The van der Waals surface area contributed by atoms with Crippen molar-refractivity contribution in [2.45, 2.75) is 19.9 Å². The van der Waals surface area contributed by atoms with E-state index in [2.05, 4.69) is 52.7 Å². The van der Waals surface area contributed by atoms with Gasteiger partial charge in [0.2, 0.25) is 5.91 Å². The summed E-state index contributed by atoms with van der Waals surface area (Å²) in [6.45, 7) is 6.37. The fraction of sp³-hybridized carbons (Fsp3) is 0.308. The average molecular weight is 416 g/mol. The van der Waals surface area contributed by atoms with E-state index in [1.807, 2.05) is 36.1 Å². The highest BCUT2D eigenvalue weighted by Gasteiger charge is 2.21. The molecule has 1 aliphatic heterocycles. The van der Waals surface area contributed by atoms with Crippen LogP contribution in [0.1, 0.15) is 27.9 Å². The number of rotatable bonds is 6. The minimum atomic E-state index is -0.120. The van der Waals surface area contributed by atoms with E-state index in [1.54, 1.807) is 0 Å². The van der Waals surface area contributed by atoms with Crippen molar-refractivity contribution in [3.8, 4) is 0 Å². The highest BCUT2D eigenvalue weighted by molar-refractivity contribution is 5.95. The first-order valence-electron chi connectivity index (χ1n) is 10.9. The molecule has 0 unspecified atom stereocenters. The summed E-state index contributed by atoms with van der Waals surface area (Å²) in [5.41, 5.74) is 2.93. The van der Waals surface area contributed by atoms with Crippen LogP contribution in [-0.4, -0.2) is 54.3 Å². The Morgan fingerprint density at radius 1 is 0.871 bits per heavy atom. The van der Waals surface area contributed by atoms with E-state index in [-0.39, 0.29) is 11.8 Å². The third-order valence-corrected chi connectivity index (χ3v) is 6.01. The molecule has 1 aliphatic rings. The Morgan fingerprint density at radius 3 is 2.39 bits per heavy atom. The molecule has 4 rings (SSSR count). The molecule has 1 saturated heterocycles. The fourth-order valence-electron chi connectivity index (χ4n) is 4.19. The lowest BCUT2D eigenvalue weighted by molar-refractivity contribution is -0.132. The molecular formula is C26H29N3O2. The first kappa shape index (κ1) is 21.1. The second kappa shape index (κ2) is 9.75. The molecule has 2 amide bonds.